The molecule has 3 aliphatic heterocycles. The Kier molecular flexibility index (Phi) is 8.07. The van der Waals surface area contributed by atoms with Crippen LogP contribution in [0.3, 0.4) is 0 Å². The monoisotopic (exact) mass is 751 g/mol. The highest BCUT2D eigenvalue weighted by molar-refractivity contribution is 9.10. The standard InChI is InChI=1S/C38H38BrN5O5Si/c1-23-35(50(2,3)48)33(16-18-42-22-27(17-19-45)40-41-42)49-38(23)30-20-26(39)12-15-31(30)43(37(38)47)21-24-10-13-28(14-11-24)44-32-9-5-7-25-6-4-8-29(34(25)32)36(44)46/h4-15,20,22-23,33,35,45,48H,16-19,21H2,1-3H3/t23-,33+,35-,38+/m1/s1. The number of aryl methyl sites for hydroxylation is 1. The minimum absolute atomic E-state index is 0.00166. The number of aliphatic hydroxyl groups is 1. The van der Waals surface area contributed by atoms with Crippen molar-refractivity contribution < 1.29 is 24.2 Å². The van der Waals surface area contributed by atoms with Crippen LogP contribution in [-0.2, 0) is 34.6 Å². The van der Waals surface area contributed by atoms with E-state index in [9.17, 15) is 19.5 Å². The summed E-state index contributed by atoms with van der Waals surface area (Å²) in [6.45, 7) is 6.69. The average Bonchev–Trinajstić information content (AvgIpc) is 3.81. The smallest absolute Gasteiger partial charge is 0.264 e. The van der Waals surface area contributed by atoms with Gasteiger partial charge in [-0.15, -0.1) is 5.10 Å². The van der Waals surface area contributed by atoms with Crippen molar-refractivity contribution in [3.63, 3.8) is 0 Å². The number of aromatic nitrogens is 3. The Morgan fingerprint density at radius 2 is 1.76 bits per heavy atom. The van der Waals surface area contributed by atoms with Gasteiger partial charge in [0.05, 0.1) is 35.3 Å². The van der Waals surface area contributed by atoms with Gasteiger partial charge in [0.15, 0.2) is 13.9 Å². The van der Waals surface area contributed by atoms with Crippen LogP contribution in [0.25, 0.3) is 10.8 Å². The van der Waals surface area contributed by atoms with Crippen LogP contribution in [-0.4, -0.2) is 57.7 Å². The molecule has 1 saturated heterocycles. The summed E-state index contributed by atoms with van der Waals surface area (Å²) in [6, 6.07) is 25.5. The summed E-state index contributed by atoms with van der Waals surface area (Å²) in [5.74, 6) is -0.490. The van der Waals surface area contributed by atoms with E-state index in [1.165, 1.54) is 0 Å². The molecule has 0 radical (unpaired) electrons. The number of rotatable bonds is 9. The Morgan fingerprint density at radius 3 is 2.50 bits per heavy atom. The van der Waals surface area contributed by atoms with Gasteiger partial charge in [0.25, 0.3) is 11.8 Å². The number of carbonyl (C=O) groups excluding carboxylic acids is 2. The average molecular weight is 753 g/mol. The molecule has 8 rings (SSSR count). The number of fused-ring (bicyclic) bond motifs is 2. The van der Waals surface area contributed by atoms with Crippen molar-refractivity contribution >= 4 is 63.9 Å². The first-order valence-corrected chi connectivity index (χ1v) is 20.8. The molecule has 50 heavy (non-hydrogen) atoms. The molecule has 5 aromatic rings. The van der Waals surface area contributed by atoms with Crippen LogP contribution in [0.4, 0.5) is 17.1 Å². The first-order chi connectivity index (χ1) is 24.0. The molecular formula is C38H38BrN5O5Si. The fourth-order valence-electron chi connectivity index (χ4n) is 8.52. The van der Waals surface area contributed by atoms with Crippen molar-refractivity contribution in [2.24, 2.45) is 5.92 Å². The van der Waals surface area contributed by atoms with Crippen LogP contribution in [0.1, 0.15) is 40.5 Å². The van der Waals surface area contributed by atoms with E-state index in [0.29, 0.717) is 37.2 Å². The van der Waals surface area contributed by atoms with Crippen LogP contribution in [0, 0.1) is 5.92 Å². The van der Waals surface area contributed by atoms with Gasteiger partial charge in [-0.2, -0.15) is 0 Å². The van der Waals surface area contributed by atoms with Gasteiger partial charge >= 0.3 is 0 Å². The van der Waals surface area contributed by atoms with Crippen LogP contribution in [0.15, 0.2) is 89.5 Å². The fourth-order valence-corrected chi connectivity index (χ4v) is 11.5. The minimum atomic E-state index is -2.83. The number of amides is 2. The summed E-state index contributed by atoms with van der Waals surface area (Å²) in [5.41, 5.74) is 4.05. The molecule has 2 amide bonds. The van der Waals surface area contributed by atoms with E-state index in [0.717, 1.165) is 43.4 Å². The lowest BCUT2D eigenvalue weighted by Crippen LogP contribution is -2.46. The molecule has 0 saturated carbocycles. The van der Waals surface area contributed by atoms with Gasteiger partial charge in [0, 0.05) is 58.3 Å². The summed E-state index contributed by atoms with van der Waals surface area (Å²) >= 11 is 3.64. The molecule has 1 aromatic heterocycles. The Morgan fingerprint density at radius 1 is 1.00 bits per heavy atom. The molecule has 3 aliphatic rings. The van der Waals surface area contributed by atoms with E-state index in [1.54, 1.807) is 14.5 Å². The number of anilines is 3. The van der Waals surface area contributed by atoms with Gasteiger partial charge < -0.3 is 19.5 Å². The van der Waals surface area contributed by atoms with Crippen LogP contribution in [0.2, 0.25) is 18.6 Å². The molecule has 0 unspecified atom stereocenters. The third kappa shape index (κ3) is 5.15. The maximum Gasteiger partial charge on any atom is 0.264 e. The molecule has 12 heteroatoms. The molecule has 4 heterocycles. The molecule has 1 spiro atoms. The molecule has 0 bridgehead atoms. The Labute approximate surface area is 299 Å². The summed E-state index contributed by atoms with van der Waals surface area (Å²) < 4.78 is 9.55. The number of halogens is 1. The van der Waals surface area contributed by atoms with Crippen molar-refractivity contribution in [3.8, 4) is 0 Å². The number of ether oxygens (including phenoxy) is 1. The van der Waals surface area contributed by atoms with E-state index in [4.69, 9.17) is 4.74 Å². The summed E-state index contributed by atoms with van der Waals surface area (Å²) in [7, 11) is -2.83. The summed E-state index contributed by atoms with van der Waals surface area (Å²) in [4.78, 5) is 43.6. The third-order valence-corrected chi connectivity index (χ3v) is 13.6. The zero-order valence-corrected chi connectivity index (χ0v) is 30.7. The normalized spacial score (nSPS) is 22.8. The molecule has 2 N–H and O–H groups in total. The zero-order chi connectivity index (χ0) is 34.9. The van der Waals surface area contributed by atoms with Gasteiger partial charge in [-0.3, -0.25) is 19.2 Å². The van der Waals surface area contributed by atoms with E-state index < -0.39 is 13.9 Å². The lowest BCUT2D eigenvalue weighted by atomic mass is 9.82. The molecule has 4 aromatic carbocycles. The Hall–Kier alpha value is -4.20. The first-order valence-electron chi connectivity index (χ1n) is 17.0. The lowest BCUT2D eigenvalue weighted by molar-refractivity contribution is -0.146. The van der Waals surface area contributed by atoms with Crippen LogP contribution >= 0.6 is 15.9 Å². The topological polar surface area (TPSA) is 121 Å². The largest absolute Gasteiger partial charge is 0.432 e. The second kappa shape index (κ2) is 12.2. The number of hydrogen-bond acceptors (Lipinski definition) is 7. The number of hydrogen-bond donors (Lipinski definition) is 2. The van der Waals surface area contributed by atoms with Gasteiger partial charge in [-0.05, 0) is 72.9 Å². The molecule has 1 fully saturated rings. The van der Waals surface area contributed by atoms with E-state index in [2.05, 4.69) is 26.2 Å². The second-order valence-electron chi connectivity index (χ2n) is 14.1. The fraction of sp³-hybridized carbons (Fsp3) is 0.316. The summed E-state index contributed by atoms with van der Waals surface area (Å²) in [5, 5.41) is 19.6. The van der Waals surface area contributed by atoms with E-state index >= 15 is 0 Å². The van der Waals surface area contributed by atoms with Gasteiger partial charge in [0.1, 0.15) is 0 Å². The number of nitrogens with zero attached hydrogens (tertiary/aromatic N) is 5. The van der Waals surface area contributed by atoms with Crippen molar-refractivity contribution in [3.05, 3.63) is 112 Å². The Balaban J connectivity index is 1.09. The van der Waals surface area contributed by atoms with Crippen LogP contribution in [0.5, 0.6) is 0 Å². The van der Waals surface area contributed by atoms with Crippen LogP contribution < -0.4 is 9.80 Å². The highest BCUT2D eigenvalue weighted by atomic mass is 79.9. The van der Waals surface area contributed by atoms with Crippen molar-refractivity contribution in [1.29, 1.82) is 0 Å². The third-order valence-electron chi connectivity index (χ3n) is 10.6. The van der Waals surface area contributed by atoms with Gasteiger partial charge in [0.2, 0.25) is 0 Å². The zero-order valence-electron chi connectivity index (χ0n) is 28.1. The van der Waals surface area contributed by atoms with Crippen molar-refractivity contribution in [1.82, 2.24) is 15.0 Å². The highest BCUT2D eigenvalue weighted by Gasteiger charge is 2.66. The van der Waals surface area contributed by atoms with Crippen molar-refractivity contribution in [2.75, 3.05) is 16.4 Å². The van der Waals surface area contributed by atoms with Crippen molar-refractivity contribution in [2.45, 2.75) is 63.2 Å². The van der Waals surface area contributed by atoms with Gasteiger partial charge in [-0.1, -0.05) is 64.5 Å². The Bertz CT molecular complexity index is 2140. The van der Waals surface area contributed by atoms with E-state index in [1.807, 2.05) is 105 Å². The second-order valence-corrected chi connectivity index (χ2v) is 19.0. The molecular weight excluding hydrogens is 714 g/mol. The molecule has 4 atom stereocenters. The molecule has 0 aliphatic carbocycles. The predicted octanol–water partition coefficient (Wildman–Crippen LogP) is 6.46. The van der Waals surface area contributed by atoms with Gasteiger partial charge in [-0.25, -0.2) is 0 Å². The van der Waals surface area contributed by atoms with E-state index in [-0.39, 0.29) is 36.0 Å². The first kappa shape index (κ1) is 33.0. The summed E-state index contributed by atoms with van der Waals surface area (Å²) in [6.07, 6.45) is 2.41. The number of aliphatic hydroxyl groups excluding tert-OH is 1. The number of benzene rings is 4. The molecule has 256 valence electrons. The maximum atomic E-state index is 14.8. The predicted molar refractivity (Wildman–Crippen MR) is 197 cm³/mol. The minimum Gasteiger partial charge on any atom is -0.432 e. The highest BCUT2D eigenvalue weighted by Crippen LogP contribution is 2.60. The maximum absolute atomic E-state index is 14.8. The SMILES string of the molecule is C[C@@H]1[C@@H]([Si](C)(C)O)[C@H](CCn2cc(CCO)nn2)O[C@@]12C(=O)N(Cc1ccc(N3C(=O)c4cccc5cccc3c45)cc1)c1ccc(Br)cc12. The molecule has 10 nitrogen and oxygen atoms in total. The quantitative estimate of drug-likeness (QED) is 0.166. The lowest BCUT2D eigenvalue weighted by Gasteiger charge is -2.32. The number of carbonyl (C=O) groups is 2.